The van der Waals surface area contributed by atoms with Gasteiger partial charge in [0, 0.05) is 29.3 Å². The summed E-state index contributed by atoms with van der Waals surface area (Å²) < 4.78 is 0. The molecule has 2 aromatic carbocycles. The molecule has 4 rings (SSSR count). The van der Waals surface area contributed by atoms with E-state index >= 15 is 0 Å². The quantitative estimate of drug-likeness (QED) is 0.172. The lowest BCUT2D eigenvalue weighted by atomic mass is 10.3. The maximum Gasteiger partial charge on any atom is 0.189 e. The van der Waals surface area contributed by atoms with Crippen LogP contribution >= 0.6 is 23.5 Å². The number of aliphatic hydroxyl groups excluding tert-OH is 1. The van der Waals surface area contributed by atoms with Crippen LogP contribution in [0.25, 0.3) is 0 Å². The van der Waals surface area contributed by atoms with Crippen LogP contribution in [-0.4, -0.2) is 43.8 Å². The molecule has 0 unspecified atom stereocenters. The summed E-state index contributed by atoms with van der Waals surface area (Å²) in [5.41, 5.74) is 2.97. The zero-order chi connectivity index (χ0) is 24.2. The predicted octanol–water partition coefficient (Wildman–Crippen LogP) is 5.19. The van der Waals surface area contributed by atoms with Crippen LogP contribution in [-0.2, 0) is 6.61 Å². The van der Waals surface area contributed by atoms with Crippen LogP contribution in [0.4, 0.5) is 23.0 Å². The lowest BCUT2D eigenvalue weighted by Gasteiger charge is -2.09. The zero-order valence-electron chi connectivity index (χ0n) is 18.7. The third-order valence-corrected chi connectivity index (χ3v) is 5.50. The topological polar surface area (TPSA) is 113 Å². The Balaban J connectivity index is 0.000000191. The highest BCUT2D eigenvalue weighted by molar-refractivity contribution is 7.98. The minimum absolute atomic E-state index is 0.0795. The van der Waals surface area contributed by atoms with E-state index in [9.17, 15) is 9.90 Å². The Bertz CT molecular complexity index is 1200. The number of anilines is 4. The molecule has 0 spiro atoms. The number of nitrogens with one attached hydrogen (secondary N) is 2. The summed E-state index contributed by atoms with van der Waals surface area (Å²) in [6, 6.07) is 19.3. The van der Waals surface area contributed by atoms with E-state index in [0.29, 0.717) is 33.1 Å². The Morgan fingerprint density at radius 1 is 0.794 bits per heavy atom. The van der Waals surface area contributed by atoms with Crippen molar-refractivity contribution in [3.05, 3.63) is 84.2 Å². The molecule has 10 heteroatoms. The first-order valence-electron chi connectivity index (χ1n) is 10.2. The molecule has 2 heterocycles. The molecule has 0 aliphatic rings. The molecule has 174 valence electrons. The third-order valence-electron chi connectivity index (χ3n) is 4.37. The Morgan fingerprint density at radius 3 is 1.79 bits per heavy atom. The number of benzene rings is 2. The zero-order valence-corrected chi connectivity index (χ0v) is 20.3. The van der Waals surface area contributed by atoms with E-state index < -0.39 is 0 Å². The highest BCUT2D eigenvalue weighted by Crippen LogP contribution is 2.21. The average Bonchev–Trinajstić information content (AvgIpc) is 2.90. The number of rotatable bonds is 8. The number of thioether (sulfide) groups is 2. The number of para-hydroxylation sites is 2. The maximum absolute atomic E-state index is 10.9. The minimum atomic E-state index is -0.0795. The van der Waals surface area contributed by atoms with Gasteiger partial charge in [0.25, 0.3) is 0 Å². The van der Waals surface area contributed by atoms with Crippen molar-refractivity contribution in [2.75, 3.05) is 23.1 Å². The molecule has 34 heavy (non-hydrogen) atoms. The standard InChI is InChI=1S/C12H13N3OS.C12H11N3OS/c2*1-17-12-13-7-9(8-16)11(15-12)14-10-5-3-2-4-6-10/h2-7,16H,8H2,1H3,(H,13,14,15);2-8H,1H3,(H,13,14,15). The van der Waals surface area contributed by atoms with Gasteiger partial charge >= 0.3 is 0 Å². The molecule has 0 bridgehead atoms. The molecule has 0 aliphatic heterocycles. The highest BCUT2D eigenvalue weighted by Gasteiger charge is 2.07. The van der Waals surface area contributed by atoms with Crippen molar-refractivity contribution in [1.29, 1.82) is 0 Å². The summed E-state index contributed by atoms with van der Waals surface area (Å²) >= 11 is 2.90. The summed E-state index contributed by atoms with van der Waals surface area (Å²) in [4.78, 5) is 27.7. The van der Waals surface area contributed by atoms with E-state index in [4.69, 9.17) is 0 Å². The molecular weight excluding hydrogens is 468 g/mol. The van der Waals surface area contributed by atoms with Gasteiger partial charge < -0.3 is 15.7 Å². The summed E-state index contributed by atoms with van der Waals surface area (Å²) in [6.45, 7) is -0.0795. The third kappa shape index (κ3) is 7.27. The molecule has 4 aromatic rings. The monoisotopic (exact) mass is 492 g/mol. The molecule has 0 aliphatic carbocycles. The van der Waals surface area contributed by atoms with Crippen molar-refractivity contribution < 1.29 is 9.90 Å². The fraction of sp³-hybridized carbons (Fsp3) is 0.125. The second-order valence-electron chi connectivity index (χ2n) is 6.65. The van der Waals surface area contributed by atoms with Crippen LogP contribution in [0.3, 0.4) is 0 Å². The van der Waals surface area contributed by atoms with E-state index in [2.05, 4.69) is 30.6 Å². The molecular formula is C24H24N6O2S2. The van der Waals surface area contributed by atoms with Crippen molar-refractivity contribution >= 4 is 52.8 Å². The van der Waals surface area contributed by atoms with E-state index in [0.717, 1.165) is 17.7 Å². The van der Waals surface area contributed by atoms with Gasteiger partial charge in [-0.2, -0.15) is 0 Å². The van der Waals surface area contributed by atoms with Crippen molar-refractivity contribution in [2.45, 2.75) is 16.9 Å². The molecule has 0 amide bonds. The largest absolute Gasteiger partial charge is 0.391 e. The number of carbonyl (C=O) groups excluding carboxylic acids is 1. The molecule has 0 radical (unpaired) electrons. The van der Waals surface area contributed by atoms with Gasteiger partial charge in [-0.1, -0.05) is 59.9 Å². The van der Waals surface area contributed by atoms with Crippen LogP contribution in [0.1, 0.15) is 15.9 Å². The van der Waals surface area contributed by atoms with Crippen molar-refractivity contribution in [1.82, 2.24) is 19.9 Å². The molecule has 2 aromatic heterocycles. The van der Waals surface area contributed by atoms with E-state index in [1.165, 1.54) is 29.7 Å². The summed E-state index contributed by atoms with van der Waals surface area (Å²) in [6.07, 6.45) is 7.72. The van der Waals surface area contributed by atoms with E-state index in [-0.39, 0.29) is 6.61 Å². The van der Waals surface area contributed by atoms with Crippen LogP contribution in [0.2, 0.25) is 0 Å². The Labute approximate surface area is 206 Å². The average molecular weight is 493 g/mol. The van der Waals surface area contributed by atoms with Crippen LogP contribution in [0.5, 0.6) is 0 Å². The number of hydrogen-bond acceptors (Lipinski definition) is 10. The van der Waals surface area contributed by atoms with Gasteiger partial charge in [0.2, 0.25) is 0 Å². The fourth-order valence-electron chi connectivity index (χ4n) is 2.69. The van der Waals surface area contributed by atoms with Gasteiger partial charge in [0.15, 0.2) is 16.6 Å². The number of aliphatic hydroxyl groups is 1. The van der Waals surface area contributed by atoms with Crippen molar-refractivity contribution in [2.24, 2.45) is 0 Å². The van der Waals surface area contributed by atoms with Gasteiger partial charge in [-0.3, -0.25) is 4.79 Å². The van der Waals surface area contributed by atoms with Crippen molar-refractivity contribution in [3.63, 3.8) is 0 Å². The number of carbonyl (C=O) groups is 1. The van der Waals surface area contributed by atoms with Gasteiger partial charge in [-0.15, -0.1) is 0 Å². The molecule has 3 N–H and O–H groups in total. The summed E-state index contributed by atoms with van der Waals surface area (Å²) in [5.74, 6) is 1.18. The summed E-state index contributed by atoms with van der Waals surface area (Å²) in [7, 11) is 0. The Hall–Kier alpha value is -3.47. The van der Waals surface area contributed by atoms with E-state index in [1.807, 2.05) is 73.2 Å². The molecule has 0 fully saturated rings. The smallest absolute Gasteiger partial charge is 0.189 e. The maximum atomic E-state index is 10.9. The molecule has 8 nitrogen and oxygen atoms in total. The van der Waals surface area contributed by atoms with Crippen molar-refractivity contribution in [3.8, 4) is 0 Å². The first-order valence-corrected chi connectivity index (χ1v) is 12.6. The number of nitrogens with zero attached hydrogens (tertiary/aromatic N) is 4. The number of aldehydes is 1. The number of aromatic nitrogens is 4. The minimum Gasteiger partial charge on any atom is -0.391 e. The molecule has 0 saturated heterocycles. The SMILES string of the molecule is CSc1ncc(C=O)c(Nc2ccccc2)n1.CSc1ncc(CO)c(Nc2ccccc2)n1. The second kappa shape index (κ2) is 13.3. The predicted molar refractivity (Wildman–Crippen MR) is 138 cm³/mol. The molecule has 0 atom stereocenters. The van der Waals surface area contributed by atoms with Crippen LogP contribution in [0.15, 0.2) is 83.4 Å². The Kier molecular flexibility index (Phi) is 9.83. The van der Waals surface area contributed by atoms with E-state index in [1.54, 1.807) is 6.20 Å². The lowest BCUT2D eigenvalue weighted by Crippen LogP contribution is -2.01. The number of hydrogen-bond donors (Lipinski definition) is 3. The van der Waals surface area contributed by atoms with Gasteiger partial charge in [-0.25, -0.2) is 19.9 Å². The van der Waals surface area contributed by atoms with Crippen LogP contribution in [0, 0.1) is 0 Å². The first-order chi connectivity index (χ1) is 16.7. The van der Waals surface area contributed by atoms with Crippen LogP contribution < -0.4 is 10.6 Å². The Morgan fingerprint density at radius 2 is 1.29 bits per heavy atom. The fourth-order valence-corrected chi connectivity index (χ4v) is 3.37. The highest BCUT2D eigenvalue weighted by atomic mass is 32.2. The first kappa shape index (κ1) is 25.2. The lowest BCUT2D eigenvalue weighted by molar-refractivity contribution is 0.112. The second-order valence-corrected chi connectivity index (χ2v) is 8.20. The molecule has 0 saturated carbocycles. The summed E-state index contributed by atoms with van der Waals surface area (Å²) in [5, 5.41) is 16.8. The normalized spacial score (nSPS) is 10.1. The van der Waals surface area contributed by atoms with Gasteiger partial charge in [0.05, 0.1) is 12.2 Å². The van der Waals surface area contributed by atoms with Gasteiger partial charge in [0.1, 0.15) is 11.6 Å². The van der Waals surface area contributed by atoms with Gasteiger partial charge in [-0.05, 0) is 36.8 Å².